The highest BCUT2D eigenvalue weighted by Gasteiger charge is 2.24. The zero-order valence-corrected chi connectivity index (χ0v) is 12.4. The first kappa shape index (κ1) is 15.5. The second-order valence-electron chi connectivity index (χ2n) is 4.43. The third kappa shape index (κ3) is 3.97. The van der Waals surface area contributed by atoms with E-state index in [-0.39, 0.29) is 18.3 Å². The number of nitrogens with one attached hydrogen (secondary N) is 1. The number of carbonyl (C=O) groups is 1. The van der Waals surface area contributed by atoms with E-state index in [4.69, 9.17) is 0 Å². The van der Waals surface area contributed by atoms with Gasteiger partial charge in [0.05, 0.1) is 6.04 Å². The van der Waals surface area contributed by atoms with Crippen LogP contribution in [0.15, 0.2) is 17.5 Å². The maximum absolute atomic E-state index is 11.4. The number of hydrogen-bond donors (Lipinski definition) is 1. The standard InChI is InChI=1S/C13H20N2OS.ClH/c1-2-13(16)14-10-11(12-6-5-9-17-12)15-7-3-4-8-15;/h5-6,9,11H,2-4,7-8,10H2,1H3,(H,14,16);1H. The largest absolute Gasteiger partial charge is 0.354 e. The van der Waals surface area contributed by atoms with Gasteiger partial charge in [0.1, 0.15) is 0 Å². The molecule has 102 valence electrons. The molecule has 1 aliphatic heterocycles. The van der Waals surface area contributed by atoms with E-state index in [1.165, 1.54) is 17.7 Å². The average molecular weight is 289 g/mol. The van der Waals surface area contributed by atoms with E-state index >= 15 is 0 Å². The second-order valence-corrected chi connectivity index (χ2v) is 5.41. The van der Waals surface area contributed by atoms with Crippen LogP contribution < -0.4 is 5.32 Å². The van der Waals surface area contributed by atoms with Crippen LogP contribution in [0.5, 0.6) is 0 Å². The molecule has 2 rings (SSSR count). The number of halogens is 1. The predicted molar refractivity (Wildman–Crippen MR) is 78.4 cm³/mol. The van der Waals surface area contributed by atoms with Crippen LogP contribution >= 0.6 is 23.7 Å². The minimum absolute atomic E-state index is 0. The fraction of sp³-hybridized carbons (Fsp3) is 0.615. The van der Waals surface area contributed by atoms with Crippen molar-refractivity contribution in [3.8, 4) is 0 Å². The highest BCUT2D eigenvalue weighted by Crippen LogP contribution is 2.27. The molecule has 0 saturated carbocycles. The van der Waals surface area contributed by atoms with Gasteiger partial charge in [0.2, 0.25) is 5.91 Å². The lowest BCUT2D eigenvalue weighted by atomic mass is 10.2. The minimum Gasteiger partial charge on any atom is -0.354 e. The molecule has 2 heterocycles. The van der Waals surface area contributed by atoms with Crippen molar-refractivity contribution in [1.29, 1.82) is 0 Å². The summed E-state index contributed by atoms with van der Waals surface area (Å²) in [5, 5.41) is 5.13. The molecule has 5 heteroatoms. The van der Waals surface area contributed by atoms with Crippen LogP contribution in [0.4, 0.5) is 0 Å². The van der Waals surface area contributed by atoms with E-state index in [2.05, 4.69) is 27.7 Å². The summed E-state index contributed by atoms with van der Waals surface area (Å²) in [7, 11) is 0. The van der Waals surface area contributed by atoms with E-state index in [1.807, 2.05) is 6.92 Å². The van der Waals surface area contributed by atoms with Crippen molar-refractivity contribution in [3.05, 3.63) is 22.4 Å². The van der Waals surface area contributed by atoms with Crippen LogP contribution in [0.25, 0.3) is 0 Å². The van der Waals surface area contributed by atoms with Gasteiger partial charge in [0, 0.05) is 17.8 Å². The molecule has 0 radical (unpaired) electrons. The van der Waals surface area contributed by atoms with Crippen molar-refractivity contribution in [3.63, 3.8) is 0 Å². The molecular formula is C13H21ClN2OS. The van der Waals surface area contributed by atoms with Crippen LogP contribution in [0.1, 0.15) is 37.1 Å². The Bertz CT molecular complexity index is 350. The Labute approximate surface area is 119 Å². The summed E-state index contributed by atoms with van der Waals surface area (Å²) in [6.45, 7) is 4.95. The molecule has 0 aromatic carbocycles. The maximum atomic E-state index is 11.4. The van der Waals surface area contributed by atoms with Gasteiger partial charge in [-0.25, -0.2) is 0 Å². The zero-order chi connectivity index (χ0) is 12.1. The molecule has 1 N–H and O–H groups in total. The van der Waals surface area contributed by atoms with Crippen molar-refractivity contribution in [2.24, 2.45) is 0 Å². The van der Waals surface area contributed by atoms with Crippen LogP contribution in [0, 0.1) is 0 Å². The molecule has 18 heavy (non-hydrogen) atoms. The molecule has 1 saturated heterocycles. The number of rotatable bonds is 5. The summed E-state index contributed by atoms with van der Waals surface area (Å²) in [4.78, 5) is 15.2. The fourth-order valence-corrected chi connectivity index (χ4v) is 3.14. The Hall–Kier alpha value is -0.580. The van der Waals surface area contributed by atoms with Gasteiger partial charge in [-0.15, -0.1) is 23.7 Å². The lowest BCUT2D eigenvalue weighted by molar-refractivity contribution is -0.121. The van der Waals surface area contributed by atoms with Gasteiger partial charge in [0.15, 0.2) is 0 Å². The highest BCUT2D eigenvalue weighted by atomic mass is 35.5. The first-order valence-electron chi connectivity index (χ1n) is 6.35. The lowest BCUT2D eigenvalue weighted by Gasteiger charge is -2.26. The van der Waals surface area contributed by atoms with Gasteiger partial charge in [-0.1, -0.05) is 13.0 Å². The number of likely N-dealkylation sites (tertiary alicyclic amines) is 1. The van der Waals surface area contributed by atoms with E-state index in [1.54, 1.807) is 11.3 Å². The summed E-state index contributed by atoms with van der Waals surface area (Å²) < 4.78 is 0. The van der Waals surface area contributed by atoms with Gasteiger partial charge in [-0.3, -0.25) is 9.69 Å². The molecule has 1 aromatic rings. The fourth-order valence-electron chi connectivity index (χ4n) is 2.28. The van der Waals surface area contributed by atoms with E-state index in [0.717, 1.165) is 19.6 Å². The molecule has 0 aliphatic carbocycles. The van der Waals surface area contributed by atoms with E-state index in [0.29, 0.717) is 12.5 Å². The first-order chi connectivity index (χ1) is 8.31. The highest BCUT2D eigenvalue weighted by molar-refractivity contribution is 7.10. The normalized spacial score (nSPS) is 17.2. The number of carbonyl (C=O) groups excluding carboxylic acids is 1. The van der Waals surface area contributed by atoms with Crippen LogP contribution in [0.2, 0.25) is 0 Å². The Kier molecular flexibility index (Phi) is 6.68. The summed E-state index contributed by atoms with van der Waals surface area (Å²) >= 11 is 1.78. The summed E-state index contributed by atoms with van der Waals surface area (Å²) in [5.74, 6) is 0.144. The van der Waals surface area contributed by atoms with Gasteiger partial charge in [-0.2, -0.15) is 0 Å². The number of nitrogens with zero attached hydrogens (tertiary/aromatic N) is 1. The minimum atomic E-state index is 0. The Balaban J connectivity index is 0.00000162. The molecule has 0 spiro atoms. The third-order valence-corrected chi connectivity index (χ3v) is 4.24. The molecule has 1 amide bonds. The van der Waals surface area contributed by atoms with Gasteiger partial charge in [0.25, 0.3) is 0 Å². The van der Waals surface area contributed by atoms with Gasteiger partial charge in [-0.05, 0) is 37.4 Å². The predicted octanol–water partition coefficient (Wildman–Crippen LogP) is 2.83. The quantitative estimate of drug-likeness (QED) is 0.904. The van der Waals surface area contributed by atoms with Crippen molar-refractivity contribution < 1.29 is 4.79 Å². The molecule has 3 nitrogen and oxygen atoms in total. The van der Waals surface area contributed by atoms with Crippen LogP contribution in [0.3, 0.4) is 0 Å². The number of amides is 1. The average Bonchev–Trinajstić information content (AvgIpc) is 3.01. The molecule has 1 fully saturated rings. The molecular weight excluding hydrogens is 268 g/mol. The molecule has 1 atom stereocenters. The van der Waals surface area contributed by atoms with Crippen LogP contribution in [-0.4, -0.2) is 30.4 Å². The molecule has 0 bridgehead atoms. The Morgan fingerprint density at radius 3 is 2.78 bits per heavy atom. The van der Waals surface area contributed by atoms with Gasteiger partial charge >= 0.3 is 0 Å². The van der Waals surface area contributed by atoms with Crippen molar-refractivity contribution in [2.45, 2.75) is 32.2 Å². The smallest absolute Gasteiger partial charge is 0.219 e. The second kappa shape index (κ2) is 7.77. The molecule has 1 aliphatic rings. The van der Waals surface area contributed by atoms with Crippen molar-refractivity contribution in [1.82, 2.24) is 10.2 Å². The van der Waals surface area contributed by atoms with Gasteiger partial charge < -0.3 is 5.32 Å². The molecule has 1 unspecified atom stereocenters. The molecule has 1 aromatic heterocycles. The van der Waals surface area contributed by atoms with E-state index < -0.39 is 0 Å². The number of thiophene rings is 1. The van der Waals surface area contributed by atoms with Crippen molar-refractivity contribution >= 4 is 29.7 Å². The Morgan fingerprint density at radius 2 is 2.22 bits per heavy atom. The SMILES string of the molecule is CCC(=O)NCC(c1cccs1)N1CCCC1.Cl. The summed E-state index contributed by atoms with van der Waals surface area (Å²) in [5.41, 5.74) is 0. The first-order valence-corrected chi connectivity index (χ1v) is 7.23. The van der Waals surface area contributed by atoms with Crippen molar-refractivity contribution in [2.75, 3.05) is 19.6 Å². The van der Waals surface area contributed by atoms with Crippen LogP contribution in [-0.2, 0) is 4.79 Å². The summed E-state index contributed by atoms with van der Waals surface area (Å²) in [6.07, 6.45) is 3.13. The third-order valence-electron chi connectivity index (χ3n) is 3.27. The number of hydrogen-bond acceptors (Lipinski definition) is 3. The lowest BCUT2D eigenvalue weighted by Crippen LogP contribution is -2.36. The maximum Gasteiger partial charge on any atom is 0.219 e. The zero-order valence-electron chi connectivity index (χ0n) is 10.7. The monoisotopic (exact) mass is 288 g/mol. The topological polar surface area (TPSA) is 32.3 Å². The Morgan fingerprint density at radius 1 is 1.50 bits per heavy atom. The summed E-state index contributed by atoms with van der Waals surface area (Å²) in [6, 6.07) is 4.63. The van der Waals surface area contributed by atoms with E-state index in [9.17, 15) is 4.79 Å².